The first-order valence-corrected chi connectivity index (χ1v) is 7.15. The molecule has 1 aliphatic rings. The van der Waals surface area contributed by atoms with Crippen molar-refractivity contribution in [3.63, 3.8) is 0 Å². The number of hydrogen-bond acceptors (Lipinski definition) is 3. The van der Waals surface area contributed by atoms with Gasteiger partial charge < -0.3 is 15.3 Å². The number of hydrogen-bond donors (Lipinski definition) is 2. The van der Waals surface area contributed by atoms with Gasteiger partial charge in [0.15, 0.2) is 0 Å². The summed E-state index contributed by atoms with van der Waals surface area (Å²) in [6.07, 6.45) is 2.04. The number of carbonyl (C=O) groups is 3. The molecule has 2 amide bonds. The molecule has 0 heterocycles. The minimum absolute atomic E-state index is 0.0215. The number of amides is 2. The fourth-order valence-electron chi connectivity index (χ4n) is 2.85. The smallest absolute Gasteiger partial charge is 0.307 e. The Morgan fingerprint density at radius 3 is 2.30 bits per heavy atom. The fourth-order valence-corrected chi connectivity index (χ4v) is 2.85. The molecule has 6 nitrogen and oxygen atoms in total. The van der Waals surface area contributed by atoms with Crippen LogP contribution in [0.15, 0.2) is 0 Å². The number of likely N-dealkylation sites (N-methyl/N-ethyl adjacent to an activating group) is 2. The van der Waals surface area contributed by atoms with Crippen molar-refractivity contribution in [3.05, 3.63) is 0 Å². The third-order valence-electron chi connectivity index (χ3n) is 4.00. The molecular weight excluding hydrogens is 260 g/mol. The van der Waals surface area contributed by atoms with Crippen molar-refractivity contribution in [2.45, 2.75) is 33.1 Å². The van der Waals surface area contributed by atoms with Gasteiger partial charge in [-0.15, -0.1) is 0 Å². The maximum Gasteiger partial charge on any atom is 0.307 e. The molecule has 1 fully saturated rings. The summed E-state index contributed by atoms with van der Waals surface area (Å²) in [6, 6.07) is 0. The van der Waals surface area contributed by atoms with Gasteiger partial charge in [-0.05, 0) is 25.7 Å². The maximum absolute atomic E-state index is 12.3. The summed E-state index contributed by atoms with van der Waals surface area (Å²) in [7, 11) is 1.55. The lowest BCUT2D eigenvalue weighted by Crippen LogP contribution is -2.42. The fraction of sp³-hybridized carbons (Fsp3) is 0.786. The molecule has 114 valence electrons. The van der Waals surface area contributed by atoms with E-state index in [1.165, 1.54) is 4.90 Å². The van der Waals surface area contributed by atoms with Gasteiger partial charge in [-0.2, -0.15) is 0 Å². The van der Waals surface area contributed by atoms with Gasteiger partial charge in [0.25, 0.3) is 0 Å². The van der Waals surface area contributed by atoms with Gasteiger partial charge in [0, 0.05) is 13.6 Å². The highest BCUT2D eigenvalue weighted by atomic mass is 16.4. The molecular formula is C14H24N2O4. The van der Waals surface area contributed by atoms with Crippen LogP contribution in [0.1, 0.15) is 33.1 Å². The number of nitrogens with one attached hydrogen (secondary N) is 1. The molecule has 1 rings (SSSR count). The number of nitrogens with zero attached hydrogens (tertiary/aromatic N) is 1. The van der Waals surface area contributed by atoms with E-state index in [1.54, 1.807) is 7.05 Å². The lowest BCUT2D eigenvalue weighted by Gasteiger charge is -2.23. The van der Waals surface area contributed by atoms with Crippen molar-refractivity contribution in [1.82, 2.24) is 10.2 Å². The molecule has 0 aromatic heterocycles. The van der Waals surface area contributed by atoms with E-state index >= 15 is 0 Å². The Morgan fingerprint density at radius 1 is 1.20 bits per heavy atom. The lowest BCUT2D eigenvalue weighted by molar-refractivity contribution is -0.149. The average Bonchev–Trinajstić information content (AvgIpc) is 2.82. The summed E-state index contributed by atoms with van der Waals surface area (Å²) in [4.78, 5) is 36.4. The van der Waals surface area contributed by atoms with E-state index in [1.807, 2.05) is 13.8 Å². The molecule has 2 N–H and O–H groups in total. The highest BCUT2D eigenvalue weighted by Crippen LogP contribution is 2.39. The molecule has 0 saturated heterocycles. The predicted molar refractivity (Wildman–Crippen MR) is 74.0 cm³/mol. The van der Waals surface area contributed by atoms with Crippen molar-refractivity contribution >= 4 is 17.8 Å². The third kappa shape index (κ3) is 3.95. The molecule has 0 aromatic carbocycles. The molecule has 1 saturated carbocycles. The van der Waals surface area contributed by atoms with Crippen LogP contribution in [0.4, 0.5) is 0 Å². The average molecular weight is 284 g/mol. The zero-order valence-corrected chi connectivity index (χ0v) is 12.4. The summed E-state index contributed by atoms with van der Waals surface area (Å²) >= 11 is 0. The Bertz CT molecular complexity index is 383. The van der Waals surface area contributed by atoms with Crippen molar-refractivity contribution in [1.29, 1.82) is 0 Å². The molecule has 0 radical (unpaired) electrons. The van der Waals surface area contributed by atoms with Crippen LogP contribution in [-0.4, -0.2) is 47.9 Å². The first-order valence-electron chi connectivity index (χ1n) is 7.15. The maximum atomic E-state index is 12.3. The van der Waals surface area contributed by atoms with Crippen molar-refractivity contribution < 1.29 is 19.5 Å². The summed E-state index contributed by atoms with van der Waals surface area (Å²) in [6.45, 7) is 4.31. The molecule has 0 aromatic rings. The largest absolute Gasteiger partial charge is 0.481 e. The zero-order valence-electron chi connectivity index (χ0n) is 12.4. The van der Waals surface area contributed by atoms with Gasteiger partial charge in [-0.3, -0.25) is 14.4 Å². The normalized spacial score (nSPS) is 25.2. The second-order valence-corrected chi connectivity index (χ2v) is 5.44. The molecule has 20 heavy (non-hydrogen) atoms. The van der Waals surface area contributed by atoms with Crippen LogP contribution in [0.5, 0.6) is 0 Å². The number of carbonyl (C=O) groups excluding carboxylic acids is 2. The van der Waals surface area contributed by atoms with Gasteiger partial charge in [0.2, 0.25) is 11.8 Å². The second kappa shape index (κ2) is 7.26. The topological polar surface area (TPSA) is 86.7 Å². The predicted octanol–water partition coefficient (Wildman–Crippen LogP) is 0.718. The Hall–Kier alpha value is -1.59. The van der Waals surface area contributed by atoms with Gasteiger partial charge >= 0.3 is 5.97 Å². The summed E-state index contributed by atoms with van der Waals surface area (Å²) in [5.41, 5.74) is 0. The van der Waals surface area contributed by atoms with Crippen molar-refractivity contribution in [3.8, 4) is 0 Å². The Balaban J connectivity index is 2.68. The van der Waals surface area contributed by atoms with E-state index in [0.717, 1.165) is 6.42 Å². The van der Waals surface area contributed by atoms with Crippen LogP contribution in [0, 0.1) is 17.8 Å². The quantitative estimate of drug-likeness (QED) is 0.752. The number of aliphatic carboxylic acids is 1. The van der Waals surface area contributed by atoms with Gasteiger partial charge in [0.1, 0.15) is 0 Å². The van der Waals surface area contributed by atoms with E-state index < -0.39 is 17.8 Å². The van der Waals surface area contributed by atoms with E-state index in [2.05, 4.69) is 5.32 Å². The Labute approximate surface area is 119 Å². The second-order valence-electron chi connectivity index (χ2n) is 5.44. The van der Waals surface area contributed by atoms with Gasteiger partial charge in [-0.1, -0.05) is 13.3 Å². The summed E-state index contributed by atoms with van der Waals surface area (Å²) < 4.78 is 0. The minimum Gasteiger partial charge on any atom is -0.481 e. The zero-order chi connectivity index (χ0) is 15.3. The summed E-state index contributed by atoms with van der Waals surface area (Å²) in [5.74, 6) is -2.21. The highest BCUT2D eigenvalue weighted by Gasteiger charge is 2.43. The number of carboxylic acid groups (broad SMARTS) is 1. The van der Waals surface area contributed by atoms with Crippen LogP contribution in [-0.2, 0) is 14.4 Å². The lowest BCUT2D eigenvalue weighted by atomic mass is 9.95. The van der Waals surface area contributed by atoms with Crippen molar-refractivity contribution in [2.24, 2.45) is 17.8 Å². The van der Waals surface area contributed by atoms with E-state index in [4.69, 9.17) is 0 Å². The van der Waals surface area contributed by atoms with E-state index in [-0.39, 0.29) is 24.3 Å². The van der Waals surface area contributed by atoms with Crippen LogP contribution >= 0.6 is 0 Å². The molecule has 0 spiro atoms. The minimum atomic E-state index is -0.911. The van der Waals surface area contributed by atoms with Crippen LogP contribution in [0.25, 0.3) is 0 Å². The molecule has 1 aliphatic carbocycles. The molecule has 3 atom stereocenters. The van der Waals surface area contributed by atoms with Gasteiger partial charge in [-0.25, -0.2) is 0 Å². The Kier molecular flexibility index (Phi) is 5.98. The third-order valence-corrected chi connectivity index (χ3v) is 4.00. The first-order chi connectivity index (χ1) is 9.40. The standard InChI is InChI=1S/C14H24N2O4/c1-4-9-6-10(11(7-9)14(19)20)13(18)16(3)8-12(17)15-5-2/h9-11H,4-8H2,1-3H3,(H,15,17)(H,19,20)/t9?,10-,11+/m0/s1. The molecule has 0 bridgehead atoms. The van der Waals surface area contributed by atoms with E-state index in [0.29, 0.717) is 19.4 Å². The first kappa shape index (κ1) is 16.5. The van der Waals surface area contributed by atoms with Gasteiger partial charge in [0.05, 0.1) is 18.4 Å². The van der Waals surface area contributed by atoms with Crippen LogP contribution < -0.4 is 5.32 Å². The number of rotatable bonds is 6. The molecule has 0 aliphatic heterocycles. The van der Waals surface area contributed by atoms with Crippen molar-refractivity contribution in [2.75, 3.05) is 20.1 Å². The molecule has 6 heteroatoms. The van der Waals surface area contributed by atoms with E-state index in [9.17, 15) is 19.5 Å². The molecule has 1 unspecified atom stereocenters. The van der Waals surface area contributed by atoms with Crippen LogP contribution in [0.2, 0.25) is 0 Å². The summed E-state index contributed by atoms with van der Waals surface area (Å²) in [5, 5.41) is 11.9. The van der Waals surface area contributed by atoms with Crippen LogP contribution in [0.3, 0.4) is 0 Å². The Morgan fingerprint density at radius 2 is 1.80 bits per heavy atom. The number of carboxylic acids is 1. The highest BCUT2D eigenvalue weighted by molar-refractivity contribution is 5.88. The monoisotopic (exact) mass is 284 g/mol. The SMILES string of the molecule is CCNC(=O)CN(C)C(=O)[C@H]1CC(CC)C[C@H]1C(=O)O.